The van der Waals surface area contributed by atoms with Crippen LogP contribution in [0.3, 0.4) is 0 Å². The monoisotopic (exact) mass is 298 g/mol. The fraction of sp³-hybridized carbons (Fsp3) is 0.316. The quantitative estimate of drug-likeness (QED) is 0.590. The molecule has 22 heavy (non-hydrogen) atoms. The highest BCUT2D eigenvalue weighted by molar-refractivity contribution is 5.79. The van der Waals surface area contributed by atoms with E-state index in [1.165, 1.54) is 0 Å². The number of carbonyl (C=O) groups excluding carboxylic acids is 1. The predicted molar refractivity (Wildman–Crippen MR) is 88.0 cm³/mol. The smallest absolute Gasteiger partial charge is 0.153 e. The molecule has 0 fully saturated rings. The summed E-state index contributed by atoms with van der Waals surface area (Å²) in [5.41, 5.74) is 1.70. The summed E-state index contributed by atoms with van der Waals surface area (Å²) >= 11 is 0. The van der Waals surface area contributed by atoms with Crippen LogP contribution in [-0.2, 0) is 5.41 Å². The number of benzene rings is 2. The molecule has 0 radical (unpaired) electrons. The third-order valence-electron chi connectivity index (χ3n) is 3.36. The van der Waals surface area contributed by atoms with E-state index in [0.717, 1.165) is 17.6 Å². The standard InChI is InChI=1S/C19H22O3/c1-19(2,3)16-9-10-18(15(13-16)14-20)22-12-11-21-17-7-5-4-6-8-17/h4-10,13-14H,11-12H2,1-3H3. The Morgan fingerprint density at radius 3 is 2.27 bits per heavy atom. The molecular formula is C19H22O3. The molecule has 2 aromatic rings. The van der Waals surface area contributed by atoms with E-state index in [1.807, 2.05) is 48.5 Å². The van der Waals surface area contributed by atoms with Crippen molar-refractivity contribution in [1.82, 2.24) is 0 Å². The number of rotatable bonds is 6. The lowest BCUT2D eigenvalue weighted by Crippen LogP contribution is -2.13. The molecule has 3 heteroatoms. The highest BCUT2D eigenvalue weighted by atomic mass is 16.5. The topological polar surface area (TPSA) is 35.5 Å². The largest absolute Gasteiger partial charge is 0.490 e. The fourth-order valence-corrected chi connectivity index (χ4v) is 2.07. The molecule has 0 aromatic heterocycles. The second-order valence-corrected chi connectivity index (χ2v) is 6.13. The van der Waals surface area contributed by atoms with Crippen molar-refractivity contribution >= 4 is 6.29 Å². The first-order valence-corrected chi connectivity index (χ1v) is 7.41. The van der Waals surface area contributed by atoms with Gasteiger partial charge in [0.05, 0.1) is 5.56 Å². The van der Waals surface area contributed by atoms with E-state index in [-0.39, 0.29) is 5.41 Å². The maximum absolute atomic E-state index is 11.2. The van der Waals surface area contributed by atoms with E-state index >= 15 is 0 Å². The lowest BCUT2D eigenvalue weighted by Gasteiger charge is -2.20. The van der Waals surface area contributed by atoms with Crippen molar-refractivity contribution in [1.29, 1.82) is 0 Å². The Balaban J connectivity index is 1.94. The van der Waals surface area contributed by atoms with E-state index < -0.39 is 0 Å². The van der Waals surface area contributed by atoms with Crippen LogP contribution in [0, 0.1) is 0 Å². The summed E-state index contributed by atoms with van der Waals surface area (Å²) in [5, 5.41) is 0. The number of hydrogen-bond acceptors (Lipinski definition) is 3. The Hall–Kier alpha value is -2.29. The third-order valence-corrected chi connectivity index (χ3v) is 3.36. The molecule has 0 aliphatic carbocycles. The van der Waals surface area contributed by atoms with Gasteiger partial charge in [-0.2, -0.15) is 0 Å². The van der Waals surface area contributed by atoms with Crippen molar-refractivity contribution in [2.45, 2.75) is 26.2 Å². The van der Waals surface area contributed by atoms with E-state index in [1.54, 1.807) is 0 Å². The average molecular weight is 298 g/mol. The zero-order chi connectivity index (χ0) is 16.0. The highest BCUT2D eigenvalue weighted by Gasteiger charge is 2.15. The number of aldehydes is 1. The first-order valence-electron chi connectivity index (χ1n) is 7.41. The van der Waals surface area contributed by atoms with Gasteiger partial charge in [0.1, 0.15) is 24.7 Å². The summed E-state index contributed by atoms with van der Waals surface area (Å²) in [7, 11) is 0. The van der Waals surface area contributed by atoms with Gasteiger partial charge in [-0.1, -0.05) is 45.0 Å². The lowest BCUT2D eigenvalue weighted by molar-refractivity contribution is 0.111. The van der Waals surface area contributed by atoms with Gasteiger partial charge in [-0.25, -0.2) is 0 Å². The Bertz CT molecular complexity index is 612. The molecule has 0 bridgehead atoms. The maximum atomic E-state index is 11.2. The summed E-state index contributed by atoms with van der Waals surface area (Å²) in [4.78, 5) is 11.2. The number of carbonyl (C=O) groups is 1. The molecule has 116 valence electrons. The van der Waals surface area contributed by atoms with E-state index in [0.29, 0.717) is 24.5 Å². The predicted octanol–water partition coefficient (Wildman–Crippen LogP) is 4.25. The third kappa shape index (κ3) is 4.35. The van der Waals surface area contributed by atoms with E-state index in [2.05, 4.69) is 20.8 Å². The van der Waals surface area contributed by atoms with Crippen LogP contribution < -0.4 is 9.47 Å². The van der Waals surface area contributed by atoms with Crippen molar-refractivity contribution in [3.05, 3.63) is 59.7 Å². The van der Waals surface area contributed by atoms with Gasteiger partial charge in [0.2, 0.25) is 0 Å². The Labute approximate surface area is 131 Å². The second kappa shape index (κ2) is 7.12. The lowest BCUT2D eigenvalue weighted by atomic mass is 9.86. The number of para-hydroxylation sites is 1. The van der Waals surface area contributed by atoms with Crippen LogP contribution in [0.25, 0.3) is 0 Å². The van der Waals surface area contributed by atoms with Gasteiger partial charge in [-0.15, -0.1) is 0 Å². The van der Waals surface area contributed by atoms with Gasteiger partial charge in [-0.05, 0) is 35.2 Å². The summed E-state index contributed by atoms with van der Waals surface area (Å²) in [5.74, 6) is 1.41. The minimum atomic E-state index is 0.00666. The Morgan fingerprint density at radius 1 is 0.955 bits per heavy atom. The minimum absolute atomic E-state index is 0.00666. The fourth-order valence-electron chi connectivity index (χ4n) is 2.07. The SMILES string of the molecule is CC(C)(C)c1ccc(OCCOc2ccccc2)c(C=O)c1. The second-order valence-electron chi connectivity index (χ2n) is 6.13. The molecule has 0 saturated carbocycles. The normalized spacial score (nSPS) is 11.0. The summed E-state index contributed by atoms with van der Waals surface area (Å²) in [6, 6.07) is 15.3. The molecule has 0 N–H and O–H groups in total. The van der Waals surface area contributed by atoms with Crippen molar-refractivity contribution in [3.63, 3.8) is 0 Å². The minimum Gasteiger partial charge on any atom is -0.490 e. The van der Waals surface area contributed by atoms with Crippen molar-refractivity contribution in [2.24, 2.45) is 0 Å². The number of hydrogen-bond donors (Lipinski definition) is 0. The van der Waals surface area contributed by atoms with Gasteiger partial charge >= 0.3 is 0 Å². The zero-order valence-corrected chi connectivity index (χ0v) is 13.3. The highest BCUT2D eigenvalue weighted by Crippen LogP contribution is 2.27. The van der Waals surface area contributed by atoms with Crippen LogP contribution >= 0.6 is 0 Å². The maximum Gasteiger partial charge on any atom is 0.153 e. The van der Waals surface area contributed by atoms with Crippen LogP contribution in [0.15, 0.2) is 48.5 Å². The molecule has 3 nitrogen and oxygen atoms in total. The summed E-state index contributed by atoms with van der Waals surface area (Å²) in [6.45, 7) is 7.18. The Kier molecular flexibility index (Phi) is 5.21. The summed E-state index contributed by atoms with van der Waals surface area (Å²) < 4.78 is 11.2. The first kappa shape index (κ1) is 16.1. The van der Waals surface area contributed by atoms with Crippen molar-refractivity contribution < 1.29 is 14.3 Å². The van der Waals surface area contributed by atoms with Gasteiger partial charge in [0.25, 0.3) is 0 Å². The van der Waals surface area contributed by atoms with Gasteiger partial charge in [0, 0.05) is 0 Å². The molecule has 2 rings (SSSR count). The van der Waals surface area contributed by atoms with Gasteiger partial charge in [0.15, 0.2) is 6.29 Å². The van der Waals surface area contributed by atoms with Gasteiger partial charge in [-0.3, -0.25) is 4.79 Å². The molecule has 0 unspecified atom stereocenters. The zero-order valence-electron chi connectivity index (χ0n) is 13.3. The van der Waals surface area contributed by atoms with Crippen molar-refractivity contribution in [2.75, 3.05) is 13.2 Å². The van der Waals surface area contributed by atoms with E-state index in [9.17, 15) is 4.79 Å². The van der Waals surface area contributed by atoms with Crippen LogP contribution in [0.2, 0.25) is 0 Å². The molecule has 0 aliphatic rings. The molecule has 2 aromatic carbocycles. The molecule has 0 spiro atoms. The molecule has 0 heterocycles. The molecule has 0 aliphatic heterocycles. The summed E-state index contributed by atoms with van der Waals surface area (Å²) in [6.07, 6.45) is 0.836. The molecule has 0 amide bonds. The van der Waals surface area contributed by atoms with Gasteiger partial charge < -0.3 is 9.47 Å². The molecule has 0 atom stereocenters. The number of ether oxygens (including phenoxy) is 2. The van der Waals surface area contributed by atoms with E-state index in [4.69, 9.17) is 9.47 Å². The van der Waals surface area contributed by atoms with Crippen LogP contribution in [0.1, 0.15) is 36.7 Å². The Morgan fingerprint density at radius 2 is 1.64 bits per heavy atom. The van der Waals surface area contributed by atoms with Crippen LogP contribution in [0.5, 0.6) is 11.5 Å². The van der Waals surface area contributed by atoms with Crippen LogP contribution in [-0.4, -0.2) is 19.5 Å². The van der Waals surface area contributed by atoms with Crippen molar-refractivity contribution in [3.8, 4) is 11.5 Å². The average Bonchev–Trinajstić information content (AvgIpc) is 2.51. The first-order chi connectivity index (χ1) is 10.5. The molecular weight excluding hydrogens is 276 g/mol. The van der Waals surface area contributed by atoms with Crippen LogP contribution in [0.4, 0.5) is 0 Å². The molecule has 0 saturated heterocycles.